The second-order valence-electron chi connectivity index (χ2n) is 3.24. The Bertz CT molecular complexity index is 533. The number of benzene rings is 1. The summed E-state index contributed by atoms with van der Waals surface area (Å²) >= 11 is 0. The topological polar surface area (TPSA) is 98.5 Å². The first-order chi connectivity index (χ1) is 9.08. The molecule has 1 aromatic carbocycles. The van der Waals surface area contributed by atoms with E-state index in [4.69, 9.17) is 6.57 Å². The third-order valence-corrected chi connectivity index (χ3v) is 1.96. The summed E-state index contributed by atoms with van der Waals surface area (Å²) in [5.41, 5.74) is 0.231. The normalized spacial score (nSPS) is 11.8. The number of nitro benzene ring substituents is 1. The molecule has 8 nitrogen and oxygen atoms in total. The Morgan fingerprint density at radius 1 is 1.53 bits per heavy atom. The van der Waals surface area contributed by atoms with Crippen LogP contribution in [0.3, 0.4) is 0 Å². The number of hydrogen-bond acceptors (Lipinski definition) is 6. The number of azo groups is 1. The van der Waals surface area contributed by atoms with Crippen molar-refractivity contribution in [2.75, 3.05) is 6.61 Å². The Labute approximate surface area is 108 Å². The molecular weight excluding hydrogens is 252 g/mol. The lowest BCUT2D eigenvalue weighted by Gasteiger charge is -1.98. The summed E-state index contributed by atoms with van der Waals surface area (Å²) in [5, 5.41) is 17.6. The van der Waals surface area contributed by atoms with Gasteiger partial charge < -0.3 is 4.74 Å². The monoisotopic (exact) mass is 262 g/mol. The van der Waals surface area contributed by atoms with Gasteiger partial charge in [0.2, 0.25) is 0 Å². The summed E-state index contributed by atoms with van der Waals surface area (Å²) in [6.07, 6.45) is -1.35. The first-order valence-corrected chi connectivity index (χ1v) is 5.27. The van der Waals surface area contributed by atoms with Gasteiger partial charge in [0.05, 0.1) is 17.2 Å². The maximum absolute atomic E-state index is 11.3. The Morgan fingerprint density at radius 3 is 2.63 bits per heavy atom. The van der Waals surface area contributed by atoms with Crippen molar-refractivity contribution in [1.29, 1.82) is 0 Å². The van der Waals surface area contributed by atoms with Gasteiger partial charge in [0.15, 0.2) is 0 Å². The highest BCUT2D eigenvalue weighted by atomic mass is 16.6. The quantitative estimate of drug-likeness (QED) is 0.267. The summed E-state index contributed by atoms with van der Waals surface area (Å²) in [6.45, 7) is 8.57. The molecule has 0 aliphatic carbocycles. The van der Waals surface area contributed by atoms with Gasteiger partial charge in [-0.1, -0.05) is 5.11 Å². The van der Waals surface area contributed by atoms with Crippen LogP contribution in [-0.4, -0.2) is 23.7 Å². The number of nitro groups is 1. The molecule has 0 amide bonds. The number of carbonyl (C=O) groups excluding carboxylic acids is 1. The van der Waals surface area contributed by atoms with E-state index in [-0.39, 0.29) is 12.3 Å². The molecule has 1 atom stereocenters. The number of carbonyl (C=O) groups is 1. The van der Waals surface area contributed by atoms with Crippen molar-refractivity contribution in [3.8, 4) is 0 Å². The van der Waals surface area contributed by atoms with E-state index >= 15 is 0 Å². The van der Waals surface area contributed by atoms with Crippen molar-refractivity contribution < 1.29 is 14.5 Å². The van der Waals surface area contributed by atoms with Gasteiger partial charge in [0, 0.05) is 12.1 Å². The maximum atomic E-state index is 11.3. The van der Waals surface area contributed by atoms with E-state index in [1.54, 1.807) is 6.92 Å². The summed E-state index contributed by atoms with van der Waals surface area (Å²) in [7, 11) is 0. The summed E-state index contributed by atoms with van der Waals surface area (Å²) in [6, 6.07) is 5.25. The zero-order valence-corrected chi connectivity index (χ0v) is 10.0. The number of hydrogen-bond donors (Lipinski definition) is 0. The number of non-ortho nitro benzene ring substituents is 1. The molecule has 0 fully saturated rings. The van der Waals surface area contributed by atoms with Gasteiger partial charge in [0.1, 0.15) is 0 Å². The molecule has 0 aliphatic heterocycles. The third-order valence-electron chi connectivity index (χ3n) is 1.96. The standard InChI is InChI=1S/C11H10N4O4/c1-3-19-11(16)10(12-2)14-13-8-4-6-9(7-5-8)15(17)18/h4-7,10H,3H2,1H3. The smallest absolute Gasteiger partial charge is 0.428 e. The first kappa shape index (κ1) is 14.2. The van der Waals surface area contributed by atoms with E-state index in [1.165, 1.54) is 24.3 Å². The fraction of sp³-hybridized carbons (Fsp3) is 0.273. The molecule has 1 unspecified atom stereocenters. The highest BCUT2D eigenvalue weighted by Gasteiger charge is 2.23. The van der Waals surface area contributed by atoms with Crippen LogP contribution in [0.5, 0.6) is 0 Å². The molecule has 0 saturated carbocycles. The lowest BCUT2D eigenvalue weighted by atomic mass is 10.3. The molecule has 1 rings (SSSR count). The molecule has 0 spiro atoms. The van der Waals surface area contributed by atoms with Crippen molar-refractivity contribution in [3.05, 3.63) is 45.8 Å². The van der Waals surface area contributed by atoms with Gasteiger partial charge in [-0.05, 0) is 19.1 Å². The molecule has 1 aromatic rings. The zero-order valence-electron chi connectivity index (χ0n) is 10.0. The molecule has 98 valence electrons. The third kappa shape index (κ3) is 4.16. The lowest BCUT2D eigenvalue weighted by molar-refractivity contribution is -0.384. The average Bonchev–Trinajstić information content (AvgIpc) is 2.40. The average molecular weight is 262 g/mol. The number of rotatable bonds is 5. The Balaban J connectivity index is 2.77. The Hall–Kier alpha value is -2.82. The molecule has 0 bridgehead atoms. The van der Waals surface area contributed by atoms with E-state index in [0.29, 0.717) is 5.69 Å². The first-order valence-electron chi connectivity index (χ1n) is 5.27. The SMILES string of the molecule is [C-]#[N+]C(N=Nc1ccc([N+](=O)[O-])cc1)C(=O)OCC. The molecule has 8 heteroatoms. The highest BCUT2D eigenvalue weighted by molar-refractivity contribution is 5.77. The van der Waals surface area contributed by atoms with Crippen LogP contribution in [0.2, 0.25) is 0 Å². The van der Waals surface area contributed by atoms with Crippen LogP contribution in [0.15, 0.2) is 34.5 Å². The minimum atomic E-state index is -1.35. The van der Waals surface area contributed by atoms with E-state index in [2.05, 4.69) is 19.8 Å². The van der Waals surface area contributed by atoms with Gasteiger partial charge in [-0.25, -0.2) is 11.4 Å². The maximum Gasteiger partial charge on any atom is 0.428 e. The lowest BCUT2D eigenvalue weighted by Crippen LogP contribution is -2.17. The van der Waals surface area contributed by atoms with Gasteiger partial charge in [-0.2, -0.15) is 0 Å². The van der Waals surface area contributed by atoms with E-state index < -0.39 is 17.1 Å². The van der Waals surface area contributed by atoms with E-state index in [1.807, 2.05) is 0 Å². The number of ether oxygens (including phenoxy) is 1. The summed E-state index contributed by atoms with van der Waals surface area (Å²) < 4.78 is 4.64. The van der Waals surface area contributed by atoms with E-state index in [0.717, 1.165) is 0 Å². The fourth-order valence-corrected chi connectivity index (χ4v) is 1.10. The van der Waals surface area contributed by atoms with Crippen molar-refractivity contribution >= 4 is 17.3 Å². The molecule has 0 aromatic heterocycles. The van der Waals surface area contributed by atoms with Gasteiger partial charge in [-0.3, -0.25) is 15.0 Å². The van der Waals surface area contributed by atoms with Crippen LogP contribution in [-0.2, 0) is 9.53 Å². The van der Waals surface area contributed by atoms with Crippen molar-refractivity contribution in [2.45, 2.75) is 13.1 Å². The molecule has 0 radical (unpaired) electrons. The Morgan fingerprint density at radius 2 is 2.16 bits per heavy atom. The van der Waals surface area contributed by atoms with Crippen LogP contribution in [0.25, 0.3) is 4.85 Å². The van der Waals surface area contributed by atoms with Crippen molar-refractivity contribution in [3.63, 3.8) is 0 Å². The Kier molecular flexibility index (Phi) is 5.10. The van der Waals surface area contributed by atoms with Crippen LogP contribution in [0.1, 0.15) is 6.92 Å². The molecule has 0 saturated heterocycles. The number of nitrogens with zero attached hydrogens (tertiary/aromatic N) is 4. The van der Waals surface area contributed by atoms with Crippen LogP contribution < -0.4 is 0 Å². The van der Waals surface area contributed by atoms with Crippen molar-refractivity contribution in [1.82, 2.24) is 0 Å². The zero-order chi connectivity index (χ0) is 14.3. The molecule has 19 heavy (non-hydrogen) atoms. The molecular formula is C11H10N4O4. The second-order valence-corrected chi connectivity index (χ2v) is 3.24. The van der Waals surface area contributed by atoms with Crippen LogP contribution >= 0.6 is 0 Å². The van der Waals surface area contributed by atoms with Gasteiger partial charge in [-0.15, -0.1) is 5.11 Å². The molecule has 0 aliphatic rings. The minimum Gasteiger partial charge on any atom is -0.459 e. The molecule has 0 heterocycles. The molecule has 0 N–H and O–H groups in total. The second kappa shape index (κ2) is 6.80. The largest absolute Gasteiger partial charge is 0.459 e. The van der Waals surface area contributed by atoms with Crippen molar-refractivity contribution in [2.24, 2.45) is 10.2 Å². The number of esters is 1. The fourth-order valence-electron chi connectivity index (χ4n) is 1.10. The van der Waals surface area contributed by atoms with E-state index in [9.17, 15) is 14.9 Å². The predicted molar refractivity (Wildman–Crippen MR) is 64.6 cm³/mol. The van der Waals surface area contributed by atoms with Gasteiger partial charge >= 0.3 is 12.1 Å². The summed E-state index contributed by atoms with van der Waals surface area (Å²) in [5.74, 6) is -0.775. The predicted octanol–water partition coefficient (Wildman–Crippen LogP) is 2.49. The van der Waals surface area contributed by atoms with Crippen LogP contribution in [0.4, 0.5) is 11.4 Å². The highest BCUT2D eigenvalue weighted by Crippen LogP contribution is 2.18. The minimum absolute atomic E-state index is 0.0777. The van der Waals surface area contributed by atoms with Gasteiger partial charge in [0.25, 0.3) is 5.69 Å². The van der Waals surface area contributed by atoms with Crippen LogP contribution in [0, 0.1) is 16.7 Å². The summed E-state index contributed by atoms with van der Waals surface area (Å²) in [4.78, 5) is 24.1.